The Hall–Kier alpha value is -1.06. The van der Waals surface area contributed by atoms with Gasteiger partial charge in [-0.05, 0) is 63.1 Å². The summed E-state index contributed by atoms with van der Waals surface area (Å²) in [5.41, 5.74) is 3.46. The van der Waals surface area contributed by atoms with E-state index in [0.717, 1.165) is 12.7 Å². The van der Waals surface area contributed by atoms with Crippen LogP contribution in [0, 0.1) is 0 Å². The van der Waals surface area contributed by atoms with Crippen LogP contribution in [0.3, 0.4) is 0 Å². The highest BCUT2D eigenvalue weighted by atomic mass is 16.7. The molecule has 0 aromatic heterocycles. The fourth-order valence-electron chi connectivity index (χ4n) is 3.20. The number of hydrogen-bond donors (Lipinski definition) is 0. The first-order valence-corrected chi connectivity index (χ1v) is 7.43. The first kappa shape index (κ1) is 13.9. The van der Waals surface area contributed by atoms with Gasteiger partial charge in [0.1, 0.15) is 0 Å². The second kappa shape index (κ2) is 4.47. The van der Waals surface area contributed by atoms with Crippen LogP contribution in [0.2, 0.25) is 6.32 Å². The molecule has 0 saturated carbocycles. The maximum Gasteiger partial charge on any atom is 0.458 e. The molecular formula is C17H23BO2. The molecule has 0 amide bonds. The standard InChI is InChI=1S/C17H23BO2/c1-12-10-13(15-9-7-6-8-14(12)15)11-18-19-16(2,3)17(4,5)20-18/h6-9,13H,1,10-11H2,2-5H3/t13-/m1/s1. The minimum Gasteiger partial charge on any atom is -0.403 e. The summed E-state index contributed by atoms with van der Waals surface area (Å²) in [4.78, 5) is 0. The van der Waals surface area contributed by atoms with Gasteiger partial charge in [-0.25, -0.2) is 0 Å². The summed E-state index contributed by atoms with van der Waals surface area (Å²) in [6, 6.07) is 8.57. The molecule has 3 heteroatoms. The van der Waals surface area contributed by atoms with Crippen molar-refractivity contribution in [3.8, 4) is 0 Å². The van der Waals surface area contributed by atoms with Crippen molar-refractivity contribution >= 4 is 12.7 Å². The van der Waals surface area contributed by atoms with Gasteiger partial charge >= 0.3 is 7.12 Å². The van der Waals surface area contributed by atoms with Gasteiger partial charge in [0.05, 0.1) is 11.2 Å². The number of rotatable bonds is 2. The van der Waals surface area contributed by atoms with Gasteiger partial charge in [0.25, 0.3) is 0 Å². The third kappa shape index (κ3) is 2.13. The van der Waals surface area contributed by atoms with Gasteiger partial charge in [0.2, 0.25) is 0 Å². The first-order valence-electron chi connectivity index (χ1n) is 7.43. The molecule has 1 heterocycles. The Balaban J connectivity index is 1.77. The van der Waals surface area contributed by atoms with Gasteiger partial charge in [-0.2, -0.15) is 0 Å². The molecule has 0 unspecified atom stereocenters. The smallest absolute Gasteiger partial charge is 0.403 e. The van der Waals surface area contributed by atoms with E-state index in [-0.39, 0.29) is 18.3 Å². The Labute approximate surface area is 122 Å². The van der Waals surface area contributed by atoms with E-state index in [0.29, 0.717) is 5.92 Å². The summed E-state index contributed by atoms with van der Waals surface area (Å²) in [5.74, 6) is 0.466. The minimum atomic E-state index is -0.243. The lowest BCUT2D eigenvalue weighted by Gasteiger charge is -2.32. The Morgan fingerprint density at radius 2 is 1.75 bits per heavy atom. The average molecular weight is 270 g/mol. The predicted octanol–water partition coefficient (Wildman–Crippen LogP) is 4.28. The van der Waals surface area contributed by atoms with Gasteiger partial charge in [-0.1, -0.05) is 30.8 Å². The largest absolute Gasteiger partial charge is 0.458 e. The summed E-state index contributed by atoms with van der Waals surface area (Å²) in [7, 11) is -0.121. The van der Waals surface area contributed by atoms with Crippen LogP contribution in [0.1, 0.15) is 51.2 Å². The zero-order valence-electron chi connectivity index (χ0n) is 12.9. The molecule has 2 nitrogen and oxygen atoms in total. The van der Waals surface area contributed by atoms with Crippen LogP contribution < -0.4 is 0 Å². The molecule has 0 radical (unpaired) electrons. The minimum absolute atomic E-state index is 0.121. The Morgan fingerprint density at radius 3 is 2.40 bits per heavy atom. The normalized spacial score (nSPS) is 26.9. The van der Waals surface area contributed by atoms with Gasteiger partial charge in [-0.3, -0.25) is 0 Å². The van der Waals surface area contributed by atoms with Crippen molar-refractivity contribution in [1.82, 2.24) is 0 Å². The van der Waals surface area contributed by atoms with Crippen molar-refractivity contribution in [3.05, 3.63) is 42.0 Å². The van der Waals surface area contributed by atoms with Crippen molar-refractivity contribution in [2.24, 2.45) is 0 Å². The number of allylic oxidation sites excluding steroid dienone is 1. The van der Waals surface area contributed by atoms with Gasteiger partial charge in [0, 0.05) is 0 Å². The maximum atomic E-state index is 6.12. The Kier molecular flexibility index (Phi) is 3.11. The summed E-state index contributed by atoms with van der Waals surface area (Å²) < 4.78 is 12.2. The van der Waals surface area contributed by atoms with E-state index in [1.165, 1.54) is 16.7 Å². The van der Waals surface area contributed by atoms with E-state index in [2.05, 4.69) is 58.5 Å². The van der Waals surface area contributed by atoms with E-state index in [1.807, 2.05) is 0 Å². The lowest BCUT2D eigenvalue weighted by atomic mass is 9.75. The molecule has 0 spiro atoms. The molecule has 1 aromatic carbocycles. The Bertz CT molecular complexity index is 532. The molecule has 0 N–H and O–H groups in total. The van der Waals surface area contributed by atoms with E-state index >= 15 is 0 Å². The number of benzene rings is 1. The first-order chi connectivity index (χ1) is 9.30. The fraction of sp³-hybridized carbons (Fsp3) is 0.529. The Morgan fingerprint density at radius 1 is 1.15 bits per heavy atom. The highest BCUT2D eigenvalue weighted by Gasteiger charge is 2.51. The second-order valence-electron chi connectivity index (χ2n) is 7.01. The van der Waals surface area contributed by atoms with Crippen LogP contribution in [-0.4, -0.2) is 18.3 Å². The maximum absolute atomic E-state index is 6.12. The van der Waals surface area contributed by atoms with Crippen LogP contribution in [0.5, 0.6) is 0 Å². The molecule has 1 aliphatic heterocycles. The lowest BCUT2D eigenvalue weighted by molar-refractivity contribution is 0.00578. The molecule has 1 fully saturated rings. The highest BCUT2D eigenvalue weighted by molar-refractivity contribution is 6.45. The molecule has 2 aliphatic rings. The van der Waals surface area contributed by atoms with Crippen LogP contribution in [0.4, 0.5) is 0 Å². The third-order valence-corrected chi connectivity index (χ3v) is 5.05. The van der Waals surface area contributed by atoms with Crippen molar-refractivity contribution < 1.29 is 9.31 Å². The molecule has 106 valence electrons. The van der Waals surface area contributed by atoms with E-state index in [9.17, 15) is 0 Å². The molecule has 1 saturated heterocycles. The molecule has 20 heavy (non-hydrogen) atoms. The van der Waals surface area contributed by atoms with Gasteiger partial charge in [0.15, 0.2) is 0 Å². The molecule has 3 rings (SSSR count). The molecular weight excluding hydrogens is 247 g/mol. The molecule has 1 aromatic rings. The van der Waals surface area contributed by atoms with E-state index in [1.54, 1.807) is 0 Å². The van der Waals surface area contributed by atoms with E-state index in [4.69, 9.17) is 9.31 Å². The summed E-state index contributed by atoms with van der Waals surface area (Å²) >= 11 is 0. The summed E-state index contributed by atoms with van der Waals surface area (Å²) in [6.07, 6.45) is 1.92. The van der Waals surface area contributed by atoms with Crippen molar-refractivity contribution in [3.63, 3.8) is 0 Å². The van der Waals surface area contributed by atoms with Crippen molar-refractivity contribution in [1.29, 1.82) is 0 Å². The average Bonchev–Trinajstić information content (AvgIpc) is 2.75. The summed E-state index contributed by atoms with van der Waals surface area (Å²) in [6.45, 7) is 12.6. The summed E-state index contributed by atoms with van der Waals surface area (Å²) in [5, 5.41) is 0. The van der Waals surface area contributed by atoms with E-state index < -0.39 is 0 Å². The second-order valence-corrected chi connectivity index (χ2v) is 7.01. The van der Waals surface area contributed by atoms with Crippen LogP contribution >= 0.6 is 0 Å². The number of hydrogen-bond acceptors (Lipinski definition) is 2. The van der Waals surface area contributed by atoms with Crippen LogP contribution in [-0.2, 0) is 9.31 Å². The fourth-order valence-corrected chi connectivity index (χ4v) is 3.20. The highest BCUT2D eigenvalue weighted by Crippen LogP contribution is 2.46. The molecule has 1 atom stereocenters. The van der Waals surface area contributed by atoms with Crippen LogP contribution in [0.15, 0.2) is 30.8 Å². The quantitative estimate of drug-likeness (QED) is 0.747. The SMILES string of the molecule is C=C1C[C@H](CB2OC(C)(C)C(C)(C)O2)c2ccccc21. The molecule has 1 aliphatic carbocycles. The van der Waals surface area contributed by atoms with Crippen molar-refractivity contribution in [2.45, 2.75) is 57.6 Å². The number of fused-ring (bicyclic) bond motifs is 1. The zero-order valence-corrected chi connectivity index (χ0v) is 12.9. The molecule has 0 bridgehead atoms. The predicted molar refractivity (Wildman–Crippen MR) is 83.7 cm³/mol. The third-order valence-electron chi connectivity index (χ3n) is 5.05. The lowest BCUT2D eigenvalue weighted by Crippen LogP contribution is -2.41. The monoisotopic (exact) mass is 270 g/mol. The van der Waals surface area contributed by atoms with Gasteiger partial charge < -0.3 is 9.31 Å². The van der Waals surface area contributed by atoms with Crippen molar-refractivity contribution in [2.75, 3.05) is 0 Å². The topological polar surface area (TPSA) is 18.5 Å². The zero-order chi connectivity index (χ0) is 14.5. The van der Waals surface area contributed by atoms with Crippen LogP contribution in [0.25, 0.3) is 5.57 Å². The van der Waals surface area contributed by atoms with Gasteiger partial charge in [-0.15, -0.1) is 0 Å².